The van der Waals surface area contributed by atoms with Gasteiger partial charge in [-0.3, -0.25) is 24.3 Å². The van der Waals surface area contributed by atoms with Crippen molar-refractivity contribution in [2.45, 2.75) is 44.7 Å². The Kier molecular flexibility index (Phi) is 7.39. The number of nitrogens with zero attached hydrogens (tertiary/aromatic N) is 4. The van der Waals surface area contributed by atoms with Crippen molar-refractivity contribution in [1.29, 1.82) is 0 Å². The van der Waals surface area contributed by atoms with Gasteiger partial charge < -0.3 is 0 Å². The van der Waals surface area contributed by atoms with E-state index in [1.807, 2.05) is 31.2 Å². The van der Waals surface area contributed by atoms with Crippen molar-refractivity contribution in [3.05, 3.63) is 90.6 Å². The molecule has 1 amide bonds. The Labute approximate surface area is 226 Å². The highest BCUT2D eigenvalue weighted by molar-refractivity contribution is 7.99. The molecule has 11 heteroatoms. The summed E-state index contributed by atoms with van der Waals surface area (Å²) < 4.78 is 1.60. The van der Waals surface area contributed by atoms with Crippen LogP contribution in [0.4, 0.5) is 5.69 Å². The van der Waals surface area contributed by atoms with Crippen LogP contribution < -0.4 is 11.0 Å². The molecule has 0 aliphatic heterocycles. The number of amides is 1. The summed E-state index contributed by atoms with van der Waals surface area (Å²) in [6, 6.07) is 13.6. The maximum Gasteiger partial charge on any atom is 0.269 e. The number of non-ortho nitro benzene ring substituents is 1. The number of aryl methyl sites for hydroxylation is 3. The monoisotopic (exact) mass is 547 g/mol. The number of nitro benzene ring substituents is 1. The Balaban J connectivity index is 1.40. The lowest BCUT2D eigenvalue weighted by Crippen LogP contribution is -2.24. The lowest BCUT2D eigenvalue weighted by Gasteiger charge is -2.13. The van der Waals surface area contributed by atoms with Gasteiger partial charge in [-0.05, 0) is 74.9 Å². The molecule has 9 nitrogen and oxygen atoms in total. The minimum atomic E-state index is -0.470. The quantitative estimate of drug-likeness (QED) is 0.112. The Hall–Kier alpha value is -3.83. The number of hydrazone groups is 1. The molecule has 0 radical (unpaired) electrons. The molecule has 0 saturated carbocycles. The number of benzene rings is 2. The Bertz CT molecular complexity index is 1620. The normalized spacial score (nSPS) is 13.4. The molecule has 4 aromatic rings. The van der Waals surface area contributed by atoms with Crippen LogP contribution in [0.3, 0.4) is 0 Å². The van der Waals surface area contributed by atoms with E-state index in [0.717, 1.165) is 41.6 Å². The molecule has 5 rings (SSSR count). The predicted octanol–water partition coefficient (Wildman–Crippen LogP) is 5.18. The van der Waals surface area contributed by atoms with Crippen LogP contribution in [0.25, 0.3) is 15.9 Å². The van der Waals surface area contributed by atoms with E-state index in [9.17, 15) is 19.7 Å². The van der Waals surface area contributed by atoms with Crippen molar-refractivity contribution in [1.82, 2.24) is 15.0 Å². The van der Waals surface area contributed by atoms with Crippen molar-refractivity contribution in [2.75, 3.05) is 5.75 Å². The molecule has 2 aromatic heterocycles. The molecule has 0 bridgehead atoms. The second kappa shape index (κ2) is 10.9. The second-order valence-corrected chi connectivity index (χ2v) is 11.1. The smallest absolute Gasteiger partial charge is 0.269 e. The molecular formula is C27H25N5O4S2. The van der Waals surface area contributed by atoms with E-state index in [2.05, 4.69) is 10.5 Å². The van der Waals surface area contributed by atoms with Crippen LogP contribution in [0.5, 0.6) is 0 Å². The van der Waals surface area contributed by atoms with Crippen LogP contribution in [-0.4, -0.2) is 31.8 Å². The number of hydrogen-bond donors (Lipinski definition) is 1. The number of nitrogens with one attached hydrogen (secondary N) is 1. The Morgan fingerprint density at radius 1 is 1.16 bits per heavy atom. The maximum atomic E-state index is 13.8. The third kappa shape index (κ3) is 5.25. The van der Waals surface area contributed by atoms with Crippen molar-refractivity contribution in [3.63, 3.8) is 0 Å². The molecule has 38 heavy (non-hydrogen) atoms. The van der Waals surface area contributed by atoms with Gasteiger partial charge in [-0.25, -0.2) is 10.4 Å². The minimum Gasteiger partial charge on any atom is -0.272 e. The highest BCUT2D eigenvalue weighted by Crippen LogP contribution is 2.35. The third-order valence-corrected chi connectivity index (χ3v) is 8.55. The fourth-order valence-corrected chi connectivity index (χ4v) is 6.51. The summed E-state index contributed by atoms with van der Waals surface area (Å²) >= 11 is 2.76. The van der Waals surface area contributed by atoms with Gasteiger partial charge in [0.1, 0.15) is 4.83 Å². The lowest BCUT2D eigenvalue weighted by atomic mass is 9.97. The third-order valence-electron chi connectivity index (χ3n) is 6.43. The largest absolute Gasteiger partial charge is 0.272 e. The summed E-state index contributed by atoms with van der Waals surface area (Å²) in [5, 5.41) is 16.1. The summed E-state index contributed by atoms with van der Waals surface area (Å²) in [6.45, 7) is 3.69. The summed E-state index contributed by atoms with van der Waals surface area (Å²) in [7, 11) is 0. The molecule has 0 fully saturated rings. The number of aromatic nitrogens is 2. The van der Waals surface area contributed by atoms with Crippen molar-refractivity contribution >= 4 is 50.6 Å². The van der Waals surface area contributed by atoms with Crippen LogP contribution in [0, 0.1) is 17.0 Å². The van der Waals surface area contributed by atoms with Gasteiger partial charge >= 0.3 is 0 Å². The molecule has 2 heterocycles. The number of thiophene rings is 1. The Morgan fingerprint density at radius 2 is 1.87 bits per heavy atom. The zero-order chi connectivity index (χ0) is 26.8. The highest BCUT2D eigenvalue weighted by Gasteiger charge is 2.23. The van der Waals surface area contributed by atoms with E-state index in [0.29, 0.717) is 27.5 Å². The van der Waals surface area contributed by atoms with Crippen molar-refractivity contribution in [3.8, 4) is 5.69 Å². The van der Waals surface area contributed by atoms with Crippen LogP contribution >= 0.6 is 23.1 Å². The van der Waals surface area contributed by atoms with Gasteiger partial charge in [-0.15, -0.1) is 11.3 Å². The molecule has 0 unspecified atom stereocenters. The number of hydrogen-bond acceptors (Lipinski definition) is 8. The molecule has 0 spiro atoms. The zero-order valence-electron chi connectivity index (χ0n) is 20.9. The van der Waals surface area contributed by atoms with E-state index in [-0.39, 0.29) is 22.9 Å². The number of carbonyl (C=O) groups is 1. The summed E-state index contributed by atoms with van der Waals surface area (Å²) in [5.74, 6) is -0.349. The molecule has 194 valence electrons. The predicted molar refractivity (Wildman–Crippen MR) is 151 cm³/mol. The average molecular weight is 548 g/mol. The first kappa shape index (κ1) is 25.8. The molecule has 1 aliphatic rings. The van der Waals surface area contributed by atoms with Gasteiger partial charge in [-0.1, -0.05) is 29.5 Å². The molecule has 0 saturated heterocycles. The first-order chi connectivity index (χ1) is 18.3. The molecule has 2 aromatic carbocycles. The van der Waals surface area contributed by atoms with Crippen LogP contribution in [0.2, 0.25) is 0 Å². The van der Waals surface area contributed by atoms with Crippen molar-refractivity contribution < 1.29 is 9.72 Å². The van der Waals surface area contributed by atoms with Gasteiger partial charge in [0, 0.05) is 17.0 Å². The SMILES string of the molecule is C/C(=N\NC(=O)CSc1nc2sc3c(c2c(=O)n1-c1ccc(C)cc1)CCCC3)c1ccc([N+](=O)[O-])cc1. The summed E-state index contributed by atoms with van der Waals surface area (Å²) in [5.41, 5.74) is 6.50. The average Bonchev–Trinajstić information content (AvgIpc) is 3.30. The van der Waals surface area contributed by atoms with E-state index >= 15 is 0 Å². The van der Waals surface area contributed by atoms with E-state index in [4.69, 9.17) is 4.98 Å². The number of carbonyl (C=O) groups excluding carboxylic acids is 1. The molecule has 1 aliphatic carbocycles. The Morgan fingerprint density at radius 3 is 2.58 bits per heavy atom. The maximum absolute atomic E-state index is 13.8. The van der Waals surface area contributed by atoms with Gasteiger partial charge in [-0.2, -0.15) is 5.10 Å². The number of thioether (sulfide) groups is 1. The van der Waals surface area contributed by atoms with Gasteiger partial charge in [0.25, 0.3) is 17.2 Å². The molecule has 0 atom stereocenters. The van der Waals surface area contributed by atoms with Crippen LogP contribution in [0.1, 0.15) is 41.3 Å². The standard InChI is InChI=1S/C27H25N5O4S2/c1-16-7-11-19(12-8-16)31-26(34)24-21-5-3-4-6-22(21)38-25(24)28-27(31)37-15-23(33)30-29-17(2)18-9-13-20(14-10-18)32(35)36/h7-14H,3-6,15H2,1-2H3,(H,30,33)/b29-17+. The molecular weight excluding hydrogens is 522 g/mol. The molecule has 1 N–H and O–H groups in total. The lowest BCUT2D eigenvalue weighted by molar-refractivity contribution is -0.384. The fourth-order valence-electron chi connectivity index (χ4n) is 4.40. The van der Waals surface area contributed by atoms with Gasteiger partial charge in [0.15, 0.2) is 5.16 Å². The first-order valence-corrected chi connectivity index (χ1v) is 14.0. The van der Waals surface area contributed by atoms with Crippen LogP contribution in [-0.2, 0) is 17.6 Å². The van der Waals surface area contributed by atoms with Gasteiger partial charge in [0.2, 0.25) is 0 Å². The second-order valence-electron chi connectivity index (χ2n) is 9.09. The van der Waals surface area contributed by atoms with E-state index < -0.39 is 4.92 Å². The van der Waals surface area contributed by atoms with E-state index in [1.165, 1.54) is 28.8 Å². The summed E-state index contributed by atoms with van der Waals surface area (Å²) in [6.07, 6.45) is 4.05. The minimum absolute atomic E-state index is 0.00589. The fraction of sp³-hybridized carbons (Fsp3) is 0.259. The van der Waals surface area contributed by atoms with E-state index in [1.54, 1.807) is 35.0 Å². The summed E-state index contributed by atoms with van der Waals surface area (Å²) in [4.78, 5) is 43.6. The van der Waals surface area contributed by atoms with Crippen molar-refractivity contribution in [2.24, 2.45) is 5.10 Å². The highest BCUT2D eigenvalue weighted by atomic mass is 32.2. The number of nitro groups is 1. The van der Waals surface area contributed by atoms with Gasteiger partial charge in [0.05, 0.1) is 27.5 Å². The zero-order valence-corrected chi connectivity index (χ0v) is 22.5. The number of rotatable bonds is 7. The number of fused-ring (bicyclic) bond motifs is 3. The topological polar surface area (TPSA) is 119 Å². The van der Waals surface area contributed by atoms with Crippen LogP contribution in [0.15, 0.2) is 63.6 Å². The first-order valence-electron chi connectivity index (χ1n) is 12.2.